The van der Waals surface area contributed by atoms with Crippen LogP contribution in [0, 0.1) is 0 Å². The van der Waals surface area contributed by atoms with E-state index in [0.717, 1.165) is 0 Å². The Hall–Kier alpha value is 1.51. The fourth-order valence-electron chi connectivity index (χ4n) is 0. The Bertz CT molecular complexity index is 28.9. The molecular weight excluding hydrogens is 117 g/mol. The average molecular weight is 120 g/mol. The quantitative estimate of drug-likeness (QED) is 0.346. The van der Waals surface area contributed by atoms with Crippen LogP contribution in [0.25, 0.3) is 0 Å². The van der Waals surface area contributed by atoms with Crippen molar-refractivity contribution in [2.24, 2.45) is 0 Å². The van der Waals surface area contributed by atoms with Crippen molar-refractivity contribution in [2.75, 3.05) is 0 Å². The predicted octanol–water partition coefficient (Wildman–Crippen LogP) is -4.03. The van der Waals surface area contributed by atoms with Crippen LogP contribution in [-0.2, 0) is 4.86 Å². The van der Waals surface area contributed by atoms with Gasteiger partial charge in [-0.2, -0.15) is 4.86 Å². The van der Waals surface area contributed by atoms with Gasteiger partial charge in [0.05, 0.1) is 0 Å². The first-order valence-corrected chi connectivity index (χ1v) is 0.906. The Kier molecular flexibility index (Phi) is 11.4. The molecule has 0 aliphatic carbocycles. The predicted molar refractivity (Wildman–Crippen MR) is 13.5 cm³/mol. The van der Waals surface area contributed by atoms with Crippen molar-refractivity contribution in [1.82, 2.24) is 0 Å². The van der Waals surface area contributed by atoms with E-state index in [0.29, 0.717) is 0 Å². The van der Waals surface area contributed by atoms with Crippen molar-refractivity contribution in [2.45, 2.75) is 0 Å². The van der Waals surface area contributed by atoms with Crippen molar-refractivity contribution in [3.8, 4) is 0 Å². The standard InChI is InChI=1S/BFH2O3.K.H/c2-5-1(3)4;;/h3-4H;;/q;+1;-1. The van der Waals surface area contributed by atoms with Crippen LogP contribution in [-0.4, -0.2) is 17.4 Å². The van der Waals surface area contributed by atoms with Gasteiger partial charge in [-0.1, -0.05) is 4.53 Å². The molecule has 0 aromatic heterocycles. The zero-order valence-corrected chi connectivity index (χ0v) is 6.38. The summed E-state index contributed by atoms with van der Waals surface area (Å²) in [5.74, 6) is 0. The van der Waals surface area contributed by atoms with E-state index in [9.17, 15) is 4.53 Å². The van der Waals surface area contributed by atoms with Gasteiger partial charge < -0.3 is 11.5 Å². The smallest absolute Gasteiger partial charge is 1.00 e. The SMILES string of the molecule is OB(O)OF.[H-].[K+]. The molecule has 0 radical (unpaired) electrons. The van der Waals surface area contributed by atoms with Gasteiger partial charge in [0.15, 0.2) is 0 Å². The van der Waals surface area contributed by atoms with E-state index in [1.807, 2.05) is 0 Å². The van der Waals surface area contributed by atoms with Crippen LogP contribution in [0.3, 0.4) is 0 Å². The first kappa shape index (κ1) is 10.5. The number of hydrogen-bond acceptors (Lipinski definition) is 3. The largest absolute Gasteiger partial charge is 1.00 e. The van der Waals surface area contributed by atoms with Crippen LogP contribution in [0.5, 0.6) is 0 Å². The first-order chi connectivity index (χ1) is 2.27. The molecule has 0 bridgehead atoms. The second-order valence-electron chi connectivity index (χ2n) is 0.415. The van der Waals surface area contributed by atoms with Crippen LogP contribution in [0.15, 0.2) is 0 Å². The Labute approximate surface area is 78.5 Å². The van der Waals surface area contributed by atoms with E-state index in [1.54, 1.807) is 0 Å². The summed E-state index contributed by atoms with van der Waals surface area (Å²) in [5, 5.41) is 14.6. The van der Waals surface area contributed by atoms with E-state index in [4.69, 9.17) is 10.0 Å². The minimum Gasteiger partial charge on any atom is -1.00 e. The van der Waals surface area contributed by atoms with E-state index in [2.05, 4.69) is 4.86 Å². The fourth-order valence-corrected chi connectivity index (χ4v) is 0. The maximum atomic E-state index is 10.1. The van der Waals surface area contributed by atoms with Crippen LogP contribution < -0.4 is 51.4 Å². The Morgan fingerprint density at radius 3 is 1.83 bits per heavy atom. The fraction of sp³-hybridized carbons (Fsp3) is 0. The Morgan fingerprint density at radius 2 is 1.83 bits per heavy atom. The minimum absolute atomic E-state index is 0. The van der Waals surface area contributed by atoms with Crippen molar-refractivity contribution in [1.29, 1.82) is 0 Å². The third kappa shape index (κ3) is 9.10. The molecule has 0 rings (SSSR count). The summed E-state index contributed by atoms with van der Waals surface area (Å²) in [4.78, 5) is 2.36. The molecule has 0 heterocycles. The second kappa shape index (κ2) is 6.51. The molecule has 2 N–H and O–H groups in total. The molecule has 0 unspecified atom stereocenters. The molecule has 0 saturated heterocycles. The van der Waals surface area contributed by atoms with E-state index in [-0.39, 0.29) is 52.8 Å². The normalized spacial score (nSPS) is 6.50. The number of halogens is 1. The van der Waals surface area contributed by atoms with Gasteiger partial charge in [0, 0.05) is 0 Å². The van der Waals surface area contributed by atoms with E-state index < -0.39 is 7.32 Å². The minimum atomic E-state index is -2.28. The van der Waals surface area contributed by atoms with Crippen LogP contribution in [0.4, 0.5) is 4.53 Å². The topological polar surface area (TPSA) is 49.7 Å². The monoisotopic (exact) mass is 120 g/mol. The summed E-state index contributed by atoms with van der Waals surface area (Å²) < 4.78 is 10.1. The third-order valence-corrected chi connectivity index (χ3v) is 0.0797. The molecule has 3 nitrogen and oxygen atoms in total. The van der Waals surface area contributed by atoms with Gasteiger partial charge in [-0.15, -0.1) is 0 Å². The van der Waals surface area contributed by atoms with Gasteiger partial charge in [-0.05, 0) is 0 Å². The van der Waals surface area contributed by atoms with Gasteiger partial charge >= 0.3 is 58.7 Å². The molecule has 32 valence electrons. The molecule has 6 heavy (non-hydrogen) atoms. The summed E-state index contributed by atoms with van der Waals surface area (Å²) in [6.07, 6.45) is 0. The molecule has 0 amide bonds. The number of rotatable bonds is 1. The van der Waals surface area contributed by atoms with Crippen molar-refractivity contribution < 1.29 is 72.2 Å². The average Bonchev–Trinajstić information content (AvgIpc) is 1.38. The summed E-state index contributed by atoms with van der Waals surface area (Å²) in [6.45, 7) is 0. The molecule has 6 heteroatoms. The van der Waals surface area contributed by atoms with Crippen LogP contribution in [0.2, 0.25) is 0 Å². The molecule has 0 aromatic rings. The van der Waals surface area contributed by atoms with Crippen LogP contribution in [0.1, 0.15) is 1.43 Å². The molecule has 0 fully saturated rings. The van der Waals surface area contributed by atoms with Crippen molar-refractivity contribution in [3.63, 3.8) is 0 Å². The first-order valence-electron chi connectivity index (χ1n) is 0.906. The summed E-state index contributed by atoms with van der Waals surface area (Å²) in [6, 6.07) is 0. The van der Waals surface area contributed by atoms with Gasteiger partial charge in [0.2, 0.25) is 0 Å². The van der Waals surface area contributed by atoms with E-state index in [1.165, 1.54) is 0 Å². The van der Waals surface area contributed by atoms with Gasteiger partial charge in [-0.25, -0.2) is 0 Å². The molecule has 0 aliphatic heterocycles. The zero-order chi connectivity index (χ0) is 4.28. The van der Waals surface area contributed by atoms with Gasteiger partial charge in [0.25, 0.3) is 0 Å². The molecule has 0 aromatic carbocycles. The Morgan fingerprint density at radius 1 is 1.67 bits per heavy atom. The summed E-state index contributed by atoms with van der Waals surface area (Å²) >= 11 is 0. The summed E-state index contributed by atoms with van der Waals surface area (Å²) in [5.41, 5.74) is 0. The van der Waals surface area contributed by atoms with Crippen LogP contribution >= 0.6 is 0 Å². The van der Waals surface area contributed by atoms with E-state index >= 15 is 0 Å². The third-order valence-electron chi connectivity index (χ3n) is 0.0797. The maximum Gasteiger partial charge on any atom is 1.00 e. The van der Waals surface area contributed by atoms with Crippen molar-refractivity contribution in [3.05, 3.63) is 0 Å². The molecule has 0 aliphatic rings. The van der Waals surface area contributed by atoms with Gasteiger partial charge in [-0.3, -0.25) is 0 Å². The molecular formula is H3BFKO3. The molecule has 0 spiro atoms. The van der Waals surface area contributed by atoms with Gasteiger partial charge in [0.1, 0.15) is 0 Å². The van der Waals surface area contributed by atoms with Crippen molar-refractivity contribution >= 4 is 7.32 Å². The zero-order valence-electron chi connectivity index (χ0n) is 4.26. The second-order valence-corrected chi connectivity index (χ2v) is 0.415. The number of hydrogen-bond donors (Lipinski definition) is 2. The molecule has 0 atom stereocenters. The maximum absolute atomic E-state index is 10.1. The molecule has 0 saturated carbocycles. The Balaban J connectivity index is -0.0000000800. The summed E-state index contributed by atoms with van der Waals surface area (Å²) in [7, 11) is -2.28.